The topological polar surface area (TPSA) is 80.3 Å². The minimum absolute atomic E-state index is 0. The van der Waals surface area contributed by atoms with Crippen LogP contribution in [0.5, 0.6) is 0 Å². The molecule has 0 aromatic rings. The zero-order valence-corrected chi connectivity index (χ0v) is 24.7. The van der Waals surface area contributed by atoms with Crippen molar-refractivity contribution >= 4 is 11.9 Å². The number of unbranched alkanes of at least 4 members (excludes halogenated alkanes) is 18. The van der Waals surface area contributed by atoms with Gasteiger partial charge in [-0.1, -0.05) is 142 Å². The minimum atomic E-state index is -1.81. The van der Waals surface area contributed by atoms with Gasteiger partial charge in [-0.25, -0.2) is 0 Å². The van der Waals surface area contributed by atoms with E-state index in [1.807, 2.05) is 0 Å². The summed E-state index contributed by atoms with van der Waals surface area (Å²) in [6, 6.07) is 0. The quantitative estimate of drug-likeness (QED) is 0.114. The van der Waals surface area contributed by atoms with Crippen molar-refractivity contribution in [2.24, 2.45) is 5.41 Å². The van der Waals surface area contributed by atoms with Gasteiger partial charge in [0.05, 0.1) is 11.9 Å². The number of carbonyl (C=O) groups is 2. The molecule has 0 aromatic carbocycles. The standard InChI is InChI=1S/C27H52O4.Li.Na/c1-3-5-7-9-11-13-15-17-19-21-23-27(25(28)29,26(30)31)24-22-20-18-16-14-12-10-8-6-4-2;;/h3-24H2,1-2H3,(H,28,29)(H,30,31);;/q;2*+1/p-2. The molecular weight excluding hydrogens is 418 g/mol. The zero-order chi connectivity index (χ0) is 23.2. The average Bonchev–Trinajstić information content (AvgIpc) is 2.74. The van der Waals surface area contributed by atoms with Crippen molar-refractivity contribution in [3.63, 3.8) is 0 Å². The smallest absolute Gasteiger partial charge is 0.549 e. The second-order valence-corrected chi connectivity index (χ2v) is 9.52. The van der Waals surface area contributed by atoms with Crippen molar-refractivity contribution in [3.05, 3.63) is 0 Å². The summed E-state index contributed by atoms with van der Waals surface area (Å²) < 4.78 is 0. The van der Waals surface area contributed by atoms with Crippen molar-refractivity contribution in [2.75, 3.05) is 0 Å². The third-order valence-corrected chi connectivity index (χ3v) is 6.70. The number of rotatable bonds is 24. The molecule has 0 spiro atoms. The molecule has 0 bridgehead atoms. The van der Waals surface area contributed by atoms with Gasteiger partial charge in [-0.3, -0.25) is 0 Å². The van der Waals surface area contributed by atoms with Crippen molar-refractivity contribution in [2.45, 2.75) is 155 Å². The van der Waals surface area contributed by atoms with Crippen LogP contribution in [-0.2, 0) is 9.59 Å². The molecule has 0 saturated heterocycles. The van der Waals surface area contributed by atoms with Crippen molar-refractivity contribution in [1.82, 2.24) is 0 Å². The van der Waals surface area contributed by atoms with Gasteiger partial charge in [0.25, 0.3) is 0 Å². The fourth-order valence-corrected chi connectivity index (χ4v) is 4.45. The Kier molecular flexibility index (Phi) is 31.3. The van der Waals surface area contributed by atoms with E-state index in [1.54, 1.807) is 0 Å². The van der Waals surface area contributed by atoms with Crippen molar-refractivity contribution in [1.29, 1.82) is 0 Å². The molecule has 0 amide bonds. The first kappa shape index (κ1) is 38.1. The minimum Gasteiger partial charge on any atom is -0.549 e. The number of carbonyl (C=O) groups excluding carboxylic acids is 2. The van der Waals surface area contributed by atoms with Gasteiger partial charge >= 0.3 is 48.4 Å². The summed E-state index contributed by atoms with van der Waals surface area (Å²) in [5.74, 6) is -2.92. The van der Waals surface area contributed by atoms with Crippen LogP contribution in [0.25, 0.3) is 0 Å². The van der Waals surface area contributed by atoms with E-state index in [0.717, 1.165) is 38.5 Å². The third-order valence-electron chi connectivity index (χ3n) is 6.70. The number of hydrogen-bond donors (Lipinski definition) is 0. The van der Waals surface area contributed by atoms with Crippen molar-refractivity contribution in [3.8, 4) is 0 Å². The molecule has 33 heavy (non-hydrogen) atoms. The van der Waals surface area contributed by atoms with E-state index >= 15 is 0 Å². The van der Waals surface area contributed by atoms with Crippen LogP contribution in [0.3, 0.4) is 0 Å². The molecule has 0 aliphatic carbocycles. The summed E-state index contributed by atoms with van der Waals surface area (Å²) in [5, 5.41) is 23.4. The zero-order valence-electron chi connectivity index (χ0n) is 22.7. The van der Waals surface area contributed by atoms with Gasteiger partial charge in [0.15, 0.2) is 0 Å². The molecule has 0 radical (unpaired) electrons. The van der Waals surface area contributed by atoms with Gasteiger partial charge in [-0.15, -0.1) is 0 Å². The van der Waals surface area contributed by atoms with Gasteiger partial charge < -0.3 is 19.8 Å². The monoisotopic (exact) mass is 468 g/mol. The van der Waals surface area contributed by atoms with E-state index in [-0.39, 0.29) is 61.3 Å². The van der Waals surface area contributed by atoms with Gasteiger partial charge in [0.1, 0.15) is 0 Å². The maximum absolute atomic E-state index is 11.7. The summed E-state index contributed by atoms with van der Waals surface area (Å²) in [6.07, 6.45) is 23.0. The molecule has 0 unspecified atom stereocenters. The number of aliphatic carboxylic acids is 2. The van der Waals surface area contributed by atoms with Gasteiger partial charge in [-0.05, 0) is 12.8 Å². The fraction of sp³-hybridized carbons (Fsp3) is 0.926. The molecule has 0 N–H and O–H groups in total. The molecule has 0 aromatic heterocycles. The van der Waals surface area contributed by atoms with Crippen LogP contribution in [0.2, 0.25) is 0 Å². The molecule has 0 saturated carbocycles. The molecule has 0 heterocycles. The summed E-state index contributed by atoms with van der Waals surface area (Å²) >= 11 is 0. The molecule has 4 nitrogen and oxygen atoms in total. The third kappa shape index (κ3) is 20.4. The first-order valence-corrected chi connectivity index (χ1v) is 13.4. The SMILES string of the molecule is CCCCCCCCCCCCC(CCCCCCCCCCCC)(C(=O)[O-])C(=O)[O-].[Li+].[Na+]. The van der Waals surface area contributed by atoms with E-state index in [2.05, 4.69) is 13.8 Å². The van der Waals surface area contributed by atoms with E-state index < -0.39 is 17.4 Å². The van der Waals surface area contributed by atoms with E-state index in [9.17, 15) is 19.8 Å². The Balaban J connectivity index is -0.00000450. The van der Waals surface area contributed by atoms with Gasteiger partial charge in [-0.2, -0.15) is 0 Å². The largest absolute Gasteiger partial charge is 1.00 e. The summed E-state index contributed by atoms with van der Waals surface area (Å²) in [6.45, 7) is 4.44. The van der Waals surface area contributed by atoms with Crippen LogP contribution in [0.4, 0.5) is 0 Å². The number of hydrogen-bond acceptors (Lipinski definition) is 4. The molecule has 0 rings (SSSR count). The molecule has 0 atom stereocenters. The first-order valence-electron chi connectivity index (χ1n) is 13.4. The normalized spacial score (nSPS) is 11.0. The second kappa shape index (κ2) is 27.1. The first-order chi connectivity index (χ1) is 15.0. The Bertz CT molecular complexity index is 406. The van der Waals surface area contributed by atoms with Crippen LogP contribution >= 0.6 is 0 Å². The van der Waals surface area contributed by atoms with E-state index in [4.69, 9.17) is 0 Å². The fourth-order valence-electron chi connectivity index (χ4n) is 4.45. The molecule has 6 heteroatoms. The molecule has 0 aliphatic rings. The van der Waals surface area contributed by atoms with Crippen LogP contribution in [0.1, 0.15) is 155 Å². The summed E-state index contributed by atoms with van der Waals surface area (Å²) in [4.78, 5) is 23.4. The predicted molar refractivity (Wildman–Crippen MR) is 125 cm³/mol. The summed E-state index contributed by atoms with van der Waals surface area (Å²) in [5.41, 5.74) is -1.81. The predicted octanol–water partition coefficient (Wildman–Crippen LogP) is 0.103. The van der Waals surface area contributed by atoms with Gasteiger partial charge in [0.2, 0.25) is 0 Å². The molecule has 184 valence electrons. The molecule has 0 fully saturated rings. The Hall–Kier alpha value is 0.537. The Morgan fingerprint density at radius 3 is 0.909 bits per heavy atom. The van der Waals surface area contributed by atoms with Crippen LogP contribution < -0.4 is 58.6 Å². The number of carboxylic acid groups (broad SMARTS) is 2. The van der Waals surface area contributed by atoms with Crippen LogP contribution in [-0.4, -0.2) is 11.9 Å². The Labute approximate surface area is 239 Å². The maximum Gasteiger partial charge on any atom is 1.00 e. The van der Waals surface area contributed by atoms with E-state index in [0.29, 0.717) is 12.8 Å². The Morgan fingerprint density at radius 2 is 0.697 bits per heavy atom. The molecule has 0 aliphatic heterocycles. The van der Waals surface area contributed by atoms with Crippen LogP contribution in [0.15, 0.2) is 0 Å². The number of carboxylic acids is 2. The Morgan fingerprint density at radius 1 is 0.485 bits per heavy atom. The van der Waals surface area contributed by atoms with Gasteiger partial charge in [0, 0.05) is 5.41 Å². The maximum atomic E-state index is 11.7. The second-order valence-electron chi connectivity index (χ2n) is 9.52. The molecular formula is C27H50LiNaO4. The summed E-state index contributed by atoms with van der Waals surface area (Å²) in [7, 11) is 0. The van der Waals surface area contributed by atoms with Crippen molar-refractivity contribution < 1.29 is 68.2 Å². The van der Waals surface area contributed by atoms with Crippen LogP contribution in [0, 0.1) is 5.41 Å². The van der Waals surface area contributed by atoms with E-state index in [1.165, 1.54) is 77.0 Å². The average molecular weight is 469 g/mol.